The van der Waals surface area contributed by atoms with E-state index in [9.17, 15) is 18.9 Å². The average molecular weight is 324 g/mol. The van der Waals surface area contributed by atoms with Crippen LogP contribution >= 0.6 is 0 Å². The standard InChI is InChI=1S/C12H10F2N6O3/c13-12(14)23-8-3-1-7(2-4-8)5-18-19-11-9(20(21)22)10(15)16-6-17-11/h1-6,12H,(H3,15,16,17,19)/b18-5+. The SMILES string of the molecule is Nc1ncnc(N/N=C/c2ccc(OC(F)F)cc2)c1[N+](=O)[O-]. The number of nitro groups is 1. The zero-order valence-corrected chi connectivity index (χ0v) is 11.4. The molecular weight excluding hydrogens is 314 g/mol. The first-order valence-corrected chi connectivity index (χ1v) is 6.06. The molecular formula is C12H10F2N6O3. The number of benzene rings is 1. The molecule has 0 saturated heterocycles. The number of ether oxygens (including phenoxy) is 1. The predicted molar refractivity (Wildman–Crippen MR) is 77.4 cm³/mol. The van der Waals surface area contributed by atoms with Crippen molar-refractivity contribution in [3.63, 3.8) is 0 Å². The zero-order chi connectivity index (χ0) is 16.8. The van der Waals surface area contributed by atoms with Gasteiger partial charge in [-0.05, 0) is 29.8 Å². The summed E-state index contributed by atoms with van der Waals surface area (Å²) in [5.41, 5.74) is 7.83. The van der Waals surface area contributed by atoms with Gasteiger partial charge in [0, 0.05) is 0 Å². The second-order valence-electron chi connectivity index (χ2n) is 4.03. The van der Waals surface area contributed by atoms with Crippen LogP contribution in [-0.2, 0) is 0 Å². The van der Waals surface area contributed by atoms with E-state index >= 15 is 0 Å². The number of nitrogen functional groups attached to an aromatic ring is 1. The van der Waals surface area contributed by atoms with Crippen molar-refractivity contribution in [2.75, 3.05) is 11.2 Å². The monoisotopic (exact) mass is 324 g/mol. The number of hydrogen-bond donors (Lipinski definition) is 2. The van der Waals surface area contributed by atoms with Crippen molar-refractivity contribution in [1.29, 1.82) is 0 Å². The van der Waals surface area contributed by atoms with Crippen LogP contribution in [0.1, 0.15) is 5.56 Å². The molecule has 0 aliphatic carbocycles. The van der Waals surface area contributed by atoms with Gasteiger partial charge in [-0.15, -0.1) is 0 Å². The number of aromatic nitrogens is 2. The molecule has 120 valence electrons. The number of halogens is 2. The van der Waals surface area contributed by atoms with Gasteiger partial charge in [0.15, 0.2) is 0 Å². The third kappa shape index (κ3) is 4.30. The molecule has 1 aromatic heterocycles. The number of nitrogens with one attached hydrogen (secondary N) is 1. The molecule has 0 amide bonds. The molecule has 0 spiro atoms. The summed E-state index contributed by atoms with van der Waals surface area (Å²) in [7, 11) is 0. The number of hydrazone groups is 1. The van der Waals surface area contributed by atoms with Gasteiger partial charge in [-0.25, -0.2) is 9.97 Å². The molecule has 0 saturated carbocycles. The van der Waals surface area contributed by atoms with E-state index in [0.717, 1.165) is 6.33 Å². The highest BCUT2D eigenvalue weighted by atomic mass is 19.3. The number of nitrogens with two attached hydrogens (primary N) is 1. The first-order chi connectivity index (χ1) is 11.0. The van der Waals surface area contributed by atoms with Crippen LogP contribution in [0.5, 0.6) is 5.75 Å². The van der Waals surface area contributed by atoms with E-state index in [1.807, 2.05) is 0 Å². The average Bonchev–Trinajstić information content (AvgIpc) is 2.48. The van der Waals surface area contributed by atoms with E-state index in [1.54, 1.807) is 0 Å². The van der Waals surface area contributed by atoms with E-state index in [0.29, 0.717) is 5.56 Å². The second-order valence-corrected chi connectivity index (χ2v) is 4.03. The molecule has 11 heteroatoms. The molecule has 1 heterocycles. The van der Waals surface area contributed by atoms with Crippen molar-refractivity contribution in [3.05, 3.63) is 46.3 Å². The lowest BCUT2D eigenvalue weighted by molar-refractivity contribution is -0.383. The molecule has 9 nitrogen and oxygen atoms in total. The largest absolute Gasteiger partial charge is 0.435 e. The van der Waals surface area contributed by atoms with Crippen molar-refractivity contribution < 1.29 is 18.4 Å². The maximum atomic E-state index is 12.0. The Kier molecular flexibility index (Phi) is 4.92. The van der Waals surface area contributed by atoms with Crippen molar-refractivity contribution in [2.45, 2.75) is 6.61 Å². The smallest absolute Gasteiger partial charge is 0.387 e. The number of alkyl halides is 2. The third-order valence-electron chi connectivity index (χ3n) is 2.52. The molecule has 0 atom stereocenters. The van der Waals surface area contributed by atoms with Crippen molar-refractivity contribution in [3.8, 4) is 5.75 Å². The molecule has 0 unspecified atom stereocenters. The Bertz CT molecular complexity index is 723. The Morgan fingerprint density at radius 2 is 2.04 bits per heavy atom. The number of rotatable bonds is 6. The van der Waals surface area contributed by atoms with Crippen LogP contribution in [0.4, 0.5) is 26.1 Å². The van der Waals surface area contributed by atoms with E-state index < -0.39 is 17.2 Å². The molecule has 0 aliphatic heterocycles. The topological polar surface area (TPSA) is 129 Å². The van der Waals surface area contributed by atoms with Crippen molar-refractivity contribution in [2.24, 2.45) is 5.10 Å². The summed E-state index contributed by atoms with van der Waals surface area (Å²) < 4.78 is 28.2. The lowest BCUT2D eigenvalue weighted by atomic mass is 10.2. The minimum absolute atomic E-state index is 0.00400. The molecule has 3 N–H and O–H groups in total. The Morgan fingerprint density at radius 3 is 2.65 bits per heavy atom. The summed E-state index contributed by atoms with van der Waals surface area (Å²) in [6.07, 6.45) is 2.37. The minimum Gasteiger partial charge on any atom is -0.435 e. The normalized spacial score (nSPS) is 10.9. The van der Waals surface area contributed by atoms with Gasteiger partial charge in [-0.1, -0.05) is 0 Å². The lowest BCUT2D eigenvalue weighted by Gasteiger charge is -2.04. The first kappa shape index (κ1) is 16.0. The molecule has 2 aromatic rings. The van der Waals surface area contributed by atoms with Gasteiger partial charge in [0.1, 0.15) is 12.1 Å². The van der Waals surface area contributed by atoms with Crippen LogP contribution in [0.2, 0.25) is 0 Å². The fourth-order valence-electron chi connectivity index (χ4n) is 1.56. The van der Waals surface area contributed by atoms with Gasteiger partial charge >= 0.3 is 12.3 Å². The molecule has 0 bridgehead atoms. The van der Waals surface area contributed by atoms with Crippen molar-refractivity contribution >= 4 is 23.5 Å². The zero-order valence-electron chi connectivity index (χ0n) is 11.4. The van der Waals surface area contributed by atoms with Crippen LogP contribution < -0.4 is 15.9 Å². The minimum atomic E-state index is -2.90. The van der Waals surface area contributed by atoms with Crippen LogP contribution in [-0.4, -0.2) is 27.7 Å². The van der Waals surface area contributed by atoms with E-state index in [4.69, 9.17) is 5.73 Å². The lowest BCUT2D eigenvalue weighted by Crippen LogP contribution is -2.04. The summed E-state index contributed by atoms with van der Waals surface area (Å²) in [6, 6.07) is 5.62. The maximum absolute atomic E-state index is 12.0. The van der Waals surface area contributed by atoms with Crippen LogP contribution in [0.3, 0.4) is 0 Å². The predicted octanol–water partition coefficient (Wildman–Crippen LogP) is 2.01. The second kappa shape index (κ2) is 7.06. The molecule has 1 aromatic carbocycles. The highest BCUT2D eigenvalue weighted by molar-refractivity contribution is 5.80. The Hall–Kier alpha value is -3.37. The van der Waals surface area contributed by atoms with Gasteiger partial charge < -0.3 is 10.5 Å². The summed E-state index contributed by atoms with van der Waals surface area (Å²) in [6.45, 7) is -2.90. The number of nitrogens with zero attached hydrogens (tertiary/aromatic N) is 4. The molecule has 23 heavy (non-hydrogen) atoms. The summed E-state index contributed by atoms with van der Waals surface area (Å²) in [5.74, 6) is -0.461. The van der Waals surface area contributed by atoms with Gasteiger partial charge in [0.05, 0.1) is 11.1 Å². The van der Waals surface area contributed by atoms with Gasteiger partial charge in [0.2, 0.25) is 11.6 Å². The van der Waals surface area contributed by atoms with E-state index in [2.05, 4.69) is 25.2 Å². The molecule has 0 radical (unpaired) electrons. The van der Waals surface area contributed by atoms with E-state index in [-0.39, 0.29) is 17.4 Å². The molecule has 0 aliphatic rings. The molecule has 0 fully saturated rings. The van der Waals surface area contributed by atoms with Gasteiger partial charge in [0.25, 0.3) is 0 Å². The Balaban J connectivity index is 2.08. The fourth-order valence-corrected chi connectivity index (χ4v) is 1.56. The Morgan fingerprint density at radius 1 is 1.35 bits per heavy atom. The summed E-state index contributed by atoms with van der Waals surface area (Å²) >= 11 is 0. The summed E-state index contributed by atoms with van der Waals surface area (Å²) in [4.78, 5) is 17.3. The fraction of sp³-hybridized carbons (Fsp3) is 0.0833. The van der Waals surface area contributed by atoms with Gasteiger partial charge in [-0.3, -0.25) is 15.5 Å². The highest BCUT2D eigenvalue weighted by Crippen LogP contribution is 2.26. The third-order valence-corrected chi connectivity index (χ3v) is 2.52. The van der Waals surface area contributed by atoms with Crippen LogP contribution in [0, 0.1) is 10.1 Å². The van der Waals surface area contributed by atoms with Crippen LogP contribution in [0.25, 0.3) is 0 Å². The first-order valence-electron chi connectivity index (χ1n) is 6.06. The number of hydrogen-bond acceptors (Lipinski definition) is 8. The highest BCUT2D eigenvalue weighted by Gasteiger charge is 2.20. The van der Waals surface area contributed by atoms with Crippen LogP contribution in [0.15, 0.2) is 35.7 Å². The maximum Gasteiger partial charge on any atom is 0.387 e. The van der Waals surface area contributed by atoms with Gasteiger partial charge in [-0.2, -0.15) is 13.9 Å². The molecule has 2 rings (SSSR count). The Labute approximate surface area is 128 Å². The number of anilines is 2. The van der Waals surface area contributed by atoms with E-state index in [1.165, 1.54) is 30.5 Å². The summed E-state index contributed by atoms with van der Waals surface area (Å²) in [5, 5.41) is 14.7. The van der Waals surface area contributed by atoms with Crippen molar-refractivity contribution in [1.82, 2.24) is 9.97 Å². The quantitative estimate of drug-likeness (QED) is 0.472.